The van der Waals surface area contributed by atoms with Gasteiger partial charge in [0.15, 0.2) is 11.9 Å². The number of hydrogen-bond donors (Lipinski definition) is 2. The molecule has 0 unspecified atom stereocenters. The molecule has 144 valence electrons. The van der Waals surface area contributed by atoms with E-state index in [1.807, 2.05) is 0 Å². The van der Waals surface area contributed by atoms with Crippen LogP contribution in [0.3, 0.4) is 0 Å². The van der Waals surface area contributed by atoms with Gasteiger partial charge in [-0.3, -0.25) is 4.79 Å². The quantitative estimate of drug-likeness (QED) is 0.737. The van der Waals surface area contributed by atoms with Crippen molar-refractivity contribution < 1.29 is 27.6 Å². The number of sulfonamides is 1. The van der Waals surface area contributed by atoms with E-state index >= 15 is 0 Å². The minimum Gasteiger partial charge on any atom is -0.503 e. The topological polar surface area (TPSA) is 99.8 Å². The molecule has 1 aliphatic rings. The molecule has 0 spiro atoms. The van der Waals surface area contributed by atoms with Crippen molar-refractivity contribution in [3.63, 3.8) is 0 Å². The van der Waals surface area contributed by atoms with Crippen LogP contribution in [0.4, 0.5) is 5.69 Å². The third kappa shape index (κ3) is 4.44. The molecule has 8 nitrogen and oxygen atoms in total. The zero-order chi connectivity index (χ0) is 19.4. The number of pyridine rings is 1. The first-order valence-electron chi connectivity index (χ1n) is 8.56. The van der Waals surface area contributed by atoms with Crippen molar-refractivity contribution in [2.24, 2.45) is 0 Å². The van der Waals surface area contributed by atoms with Crippen LogP contribution in [0.5, 0.6) is 5.75 Å². The number of morpholine rings is 1. The van der Waals surface area contributed by atoms with Crippen molar-refractivity contribution in [3.8, 4) is 5.75 Å². The van der Waals surface area contributed by atoms with Crippen LogP contribution in [0.2, 0.25) is 0 Å². The summed E-state index contributed by atoms with van der Waals surface area (Å²) in [4.78, 5) is 12.6. The molecule has 0 radical (unpaired) electrons. The number of hydrogen-bond acceptors (Lipinski definition) is 5. The predicted molar refractivity (Wildman–Crippen MR) is 97.7 cm³/mol. The van der Waals surface area contributed by atoms with Gasteiger partial charge in [0.2, 0.25) is 22.3 Å². The van der Waals surface area contributed by atoms with Crippen LogP contribution in [0.1, 0.15) is 13.0 Å². The molecule has 0 bridgehead atoms. The van der Waals surface area contributed by atoms with Gasteiger partial charge in [-0.25, -0.2) is 8.42 Å². The van der Waals surface area contributed by atoms with Crippen molar-refractivity contribution in [2.75, 3.05) is 31.6 Å². The molecule has 1 aliphatic heterocycles. The van der Waals surface area contributed by atoms with Gasteiger partial charge in [-0.15, -0.1) is 0 Å². The molecular formula is C18H22N3O5S+. The Kier molecular flexibility index (Phi) is 5.73. The van der Waals surface area contributed by atoms with Crippen LogP contribution in [0, 0.1) is 0 Å². The third-order valence-electron chi connectivity index (χ3n) is 4.34. The highest BCUT2D eigenvalue weighted by Crippen LogP contribution is 2.21. The van der Waals surface area contributed by atoms with Crippen LogP contribution < -0.4 is 9.88 Å². The Morgan fingerprint density at radius 1 is 1.26 bits per heavy atom. The number of benzene rings is 1. The molecule has 2 aromatic rings. The van der Waals surface area contributed by atoms with Crippen molar-refractivity contribution in [1.82, 2.24) is 4.31 Å². The van der Waals surface area contributed by atoms with E-state index < -0.39 is 16.1 Å². The fourth-order valence-electron chi connectivity index (χ4n) is 2.77. The standard InChI is InChI=1S/C18H21N3O5S/c1-14(20-7-3-5-16(22)13-20)18(23)19-15-4-2-6-17(12-15)27(24,25)21-8-10-26-11-9-21/h2-7,12-14H,8-11H2,1H3,(H-,19,22,23)/p+1/t14-/m0/s1. The number of amides is 1. The lowest BCUT2D eigenvalue weighted by Crippen LogP contribution is -2.43. The lowest BCUT2D eigenvalue weighted by atomic mass is 10.2. The SMILES string of the molecule is C[C@@H](C(=O)Nc1cccc(S(=O)(=O)N2CCOCC2)c1)[n+]1cccc(O)c1. The Labute approximate surface area is 158 Å². The molecule has 1 atom stereocenters. The number of nitrogens with zero attached hydrogens (tertiary/aromatic N) is 2. The summed E-state index contributed by atoms with van der Waals surface area (Å²) in [6, 6.07) is 8.74. The number of nitrogens with one attached hydrogen (secondary N) is 1. The molecule has 3 rings (SSSR count). The fourth-order valence-corrected chi connectivity index (χ4v) is 4.23. The van der Waals surface area contributed by atoms with Crippen molar-refractivity contribution in [2.45, 2.75) is 17.9 Å². The minimum absolute atomic E-state index is 0.0516. The summed E-state index contributed by atoms with van der Waals surface area (Å²) in [5, 5.41) is 12.3. The van der Waals surface area contributed by atoms with Gasteiger partial charge in [-0.2, -0.15) is 8.87 Å². The number of aromatic hydroxyl groups is 1. The van der Waals surface area contributed by atoms with Gasteiger partial charge in [0.05, 0.1) is 18.1 Å². The maximum Gasteiger partial charge on any atom is 0.293 e. The number of anilines is 1. The Hall–Kier alpha value is -2.49. The maximum atomic E-state index is 12.7. The summed E-state index contributed by atoms with van der Waals surface area (Å²) in [5.41, 5.74) is 0.391. The molecule has 1 aromatic carbocycles. The lowest BCUT2D eigenvalue weighted by molar-refractivity contribution is -0.705. The molecule has 1 amide bonds. The number of ether oxygens (including phenoxy) is 1. The summed E-state index contributed by atoms with van der Waals surface area (Å²) in [6.07, 6.45) is 3.12. The van der Waals surface area contributed by atoms with E-state index in [2.05, 4.69) is 5.32 Å². The first-order chi connectivity index (χ1) is 12.9. The molecule has 1 fully saturated rings. The Bertz CT molecular complexity index is 926. The zero-order valence-electron chi connectivity index (χ0n) is 14.9. The van der Waals surface area contributed by atoms with E-state index in [1.165, 1.54) is 28.7 Å². The van der Waals surface area contributed by atoms with Gasteiger partial charge in [0.1, 0.15) is 0 Å². The molecule has 27 heavy (non-hydrogen) atoms. The monoisotopic (exact) mass is 392 g/mol. The van der Waals surface area contributed by atoms with Gasteiger partial charge < -0.3 is 15.2 Å². The van der Waals surface area contributed by atoms with Crippen molar-refractivity contribution in [1.29, 1.82) is 0 Å². The number of aromatic nitrogens is 1. The predicted octanol–water partition coefficient (Wildman–Crippen LogP) is 0.900. The molecule has 1 aromatic heterocycles. The second kappa shape index (κ2) is 8.03. The van der Waals surface area contributed by atoms with E-state index in [9.17, 15) is 18.3 Å². The van der Waals surface area contributed by atoms with E-state index in [0.29, 0.717) is 32.0 Å². The molecule has 2 N–H and O–H groups in total. The highest BCUT2D eigenvalue weighted by Gasteiger charge is 2.27. The van der Waals surface area contributed by atoms with Crippen LogP contribution in [-0.4, -0.2) is 50.0 Å². The van der Waals surface area contributed by atoms with Gasteiger partial charge >= 0.3 is 0 Å². The summed E-state index contributed by atoms with van der Waals surface area (Å²) in [7, 11) is -3.63. The van der Waals surface area contributed by atoms with Crippen LogP contribution in [-0.2, 0) is 19.6 Å². The van der Waals surface area contributed by atoms with Crippen LogP contribution >= 0.6 is 0 Å². The van der Waals surface area contributed by atoms with E-state index in [1.54, 1.807) is 35.9 Å². The second-order valence-electron chi connectivity index (χ2n) is 6.22. The van der Waals surface area contributed by atoms with Gasteiger partial charge in [0.25, 0.3) is 5.91 Å². The molecule has 9 heteroatoms. The Balaban J connectivity index is 1.76. The molecule has 2 heterocycles. The molecule has 0 saturated carbocycles. The highest BCUT2D eigenvalue weighted by molar-refractivity contribution is 7.89. The second-order valence-corrected chi connectivity index (χ2v) is 8.16. The first kappa shape index (κ1) is 19.3. The average molecular weight is 392 g/mol. The Morgan fingerprint density at radius 2 is 2.00 bits per heavy atom. The van der Waals surface area contributed by atoms with Crippen molar-refractivity contribution >= 4 is 21.6 Å². The van der Waals surface area contributed by atoms with Gasteiger partial charge in [0, 0.05) is 31.8 Å². The summed E-state index contributed by atoms with van der Waals surface area (Å²) in [6.45, 7) is 3.04. The van der Waals surface area contributed by atoms with Gasteiger partial charge in [-0.05, 0) is 24.3 Å². The average Bonchev–Trinajstić information content (AvgIpc) is 2.68. The lowest BCUT2D eigenvalue weighted by Gasteiger charge is -2.26. The maximum absolute atomic E-state index is 12.7. The Morgan fingerprint density at radius 3 is 2.70 bits per heavy atom. The summed E-state index contributed by atoms with van der Waals surface area (Å²) < 4.78 is 33.6. The minimum atomic E-state index is -3.63. The fraction of sp³-hybridized carbons (Fsp3) is 0.333. The largest absolute Gasteiger partial charge is 0.503 e. The van der Waals surface area contributed by atoms with E-state index in [0.717, 1.165) is 0 Å². The number of carbonyl (C=O) groups excluding carboxylic acids is 1. The third-order valence-corrected chi connectivity index (χ3v) is 6.24. The number of rotatable bonds is 5. The van der Waals surface area contributed by atoms with E-state index in [-0.39, 0.29) is 16.6 Å². The van der Waals surface area contributed by atoms with Crippen LogP contribution in [0.25, 0.3) is 0 Å². The molecule has 0 aliphatic carbocycles. The van der Waals surface area contributed by atoms with Gasteiger partial charge in [-0.1, -0.05) is 6.07 Å². The summed E-state index contributed by atoms with van der Waals surface area (Å²) >= 11 is 0. The van der Waals surface area contributed by atoms with E-state index in [4.69, 9.17) is 4.74 Å². The highest BCUT2D eigenvalue weighted by atomic mass is 32.2. The normalized spacial score (nSPS) is 16.6. The number of carbonyl (C=O) groups is 1. The van der Waals surface area contributed by atoms with Crippen molar-refractivity contribution in [3.05, 3.63) is 48.8 Å². The molecular weight excluding hydrogens is 370 g/mol. The first-order valence-corrected chi connectivity index (χ1v) is 10.0. The smallest absolute Gasteiger partial charge is 0.293 e. The van der Waals surface area contributed by atoms with Crippen LogP contribution in [0.15, 0.2) is 53.7 Å². The zero-order valence-corrected chi connectivity index (χ0v) is 15.7. The molecule has 1 saturated heterocycles. The summed E-state index contributed by atoms with van der Waals surface area (Å²) in [5.74, 6) is -0.276.